The van der Waals surface area contributed by atoms with E-state index in [4.69, 9.17) is 20.4 Å². The molecule has 2 amide bonds. The molecule has 2 aromatic heterocycles. The van der Waals surface area contributed by atoms with Crippen LogP contribution in [0.3, 0.4) is 0 Å². The average Bonchev–Trinajstić information content (AvgIpc) is 3.32. The van der Waals surface area contributed by atoms with Gasteiger partial charge in [-0.05, 0) is 82.1 Å². The molecule has 6 rings (SSSR count). The molecule has 10 nitrogen and oxygen atoms in total. The molecule has 230 valence electrons. The van der Waals surface area contributed by atoms with E-state index in [2.05, 4.69) is 46.7 Å². The van der Waals surface area contributed by atoms with Gasteiger partial charge in [-0.15, -0.1) is 0 Å². The van der Waals surface area contributed by atoms with Crippen LogP contribution in [0.25, 0.3) is 5.57 Å². The van der Waals surface area contributed by atoms with Crippen LogP contribution in [0.2, 0.25) is 0 Å². The molecule has 10 heteroatoms. The fraction of sp³-hybridized carbons (Fsp3) is 0.412. The number of hydrogen-bond acceptors (Lipinski definition) is 8. The van der Waals surface area contributed by atoms with E-state index in [0.717, 1.165) is 69.9 Å². The molecule has 3 aliphatic rings. The Hall–Kier alpha value is -4.28. The number of allylic oxidation sites excluding steroid dienone is 1. The molecule has 1 aromatic carbocycles. The summed E-state index contributed by atoms with van der Waals surface area (Å²) in [5, 5.41) is 6.47. The second-order valence-electron chi connectivity index (χ2n) is 12.3. The number of fused-ring (bicyclic) bond motifs is 2. The third-order valence-corrected chi connectivity index (χ3v) is 8.97. The predicted octanol–water partition coefficient (Wildman–Crippen LogP) is 4.11. The first-order valence-corrected chi connectivity index (χ1v) is 15.4. The van der Waals surface area contributed by atoms with Gasteiger partial charge in [0, 0.05) is 55.4 Å². The molecule has 1 aliphatic carbocycles. The number of amides is 2. The molecule has 2 aliphatic heterocycles. The zero-order chi connectivity index (χ0) is 30.7. The molecule has 1 unspecified atom stereocenters. The van der Waals surface area contributed by atoms with Crippen LogP contribution in [0.4, 0.5) is 17.3 Å². The second kappa shape index (κ2) is 12.8. The van der Waals surface area contributed by atoms with Crippen LogP contribution in [-0.4, -0.2) is 79.7 Å². The summed E-state index contributed by atoms with van der Waals surface area (Å²) in [7, 11) is 4.16. The summed E-state index contributed by atoms with van der Waals surface area (Å²) in [5.41, 5.74) is 10.1. The lowest BCUT2D eigenvalue weighted by Crippen LogP contribution is -2.40. The molecule has 44 heavy (non-hydrogen) atoms. The number of nitrogens with two attached hydrogens (primary N) is 1. The zero-order valence-electron chi connectivity index (χ0n) is 25.5. The molecule has 1 fully saturated rings. The smallest absolute Gasteiger partial charge is 0.269 e. The Morgan fingerprint density at radius 1 is 1.07 bits per heavy atom. The minimum atomic E-state index is -0.616. The lowest BCUT2D eigenvalue weighted by atomic mass is 9.76. The largest absolute Gasteiger partial charge is 0.381 e. The van der Waals surface area contributed by atoms with Gasteiger partial charge in [0.05, 0.1) is 11.4 Å². The molecular weight excluding hydrogens is 554 g/mol. The van der Waals surface area contributed by atoms with Gasteiger partial charge < -0.3 is 30.9 Å². The summed E-state index contributed by atoms with van der Waals surface area (Å²) >= 11 is 0. The molecule has 1 saturated heterocycles. The number of benzene rings is 1. The van der Waals surface area contributed by atoms with Gasteiger partial charge in [-0.1, -0.05) is 30.3 Å². The zero-order valence-corrected chi connectivity index (χ0v) is 25.5. The van der Waals surface area contributed by atoms with E-state index >= 15 is 0 Å². The van der Waals surface area contributed by atoms with Crippen LogP contribution in [-0.2, 0) is 10.2 Å². The highest BCUT2D eigenvalue weighted by molar-refractivity contribution is 5.97. The van der Waals surface area contributed by atoms with Crippen molar-refractivity contribution < 1.29 is 14.3 Å². The Kier molecular flexibility index (Phi) is 8.63. The lowest BCUT2D eigenvalue weighted by molar-refractivity contribution is 0.0553. The number of nitrogens with one attached hydrogen (secondary N) is 2. The van der Waals surface area contributed by atoms with Crippen molar-refractivity contribution in [3.8, 4) is 0 Å². The molecule has 3 aromatic rings. The van der Waals surface area contributed by atoms with Gasteiger partial charge in [0.2, 0.25) is 0 Å². The highest BCUT2D eigenvalue weighted by Crippen LogP contribution is 2.46. The van der Waals surface area contributed by atoms with E-state index in [1.165, 1.54) is 5.56 Å². The van der Waals surface area contributed by atoms with E-state index in [0.29, 0.717) is 29.2 Å². The number of likely N-dealkylation sites (N-methyl/N-ethyl adjacent to an activating group) is 1. The molecule has 1 spiro atoms. The number of carbonyl (C=O) groups excluding carboxylic acids is 2. The second-order valence-corrected chi connectivity index (χ2v) is 12.3. The number of rotatable bonds is 9. The van der Waals surface area contributed by atoms with Gasteiger partial charge in [0.25, 0.3) is 11.8 Å². The molecular formula is C34H41N7O3. The summed E-state index contributed by atoms with van der Waals surface area (Å²) in [6, 6.07) is 17.1. The summed E-state index contributed by atoms with van der Waals surface area (Å²) in [4.78, 5) is 39.6. The minimum Gasteiger partial charge on any atom is -0.381 e. The Bertz CT molecular complexity index is 1550. The van der Waals surface area contributed by atoms with Crippen molar-refractivity contribution in [3.63, 3.8) is 0 Å². The maximum Gasteiger partial charge on any atom is 0.269 e. The number of hydrogen-bond donors (Lipinski definition) is 3. The standard InChI is InChI=1S/C34H41N7O3/c1-40(2)17-18-41-22-34(15-19-44-20-16-34)26-11-14-29(39-32(26)41)37-28-13-12-27(38-30(28)31(35)42)24-9-6-10-25(21-24)36-33(43)23-7-4-3-5-8-23/h3-5,7-9,11-14,25H,6,10,15-22H2,1-2H3,(H2,35,42)(H,36,43)(H,37,39). The lowest BCUT2D eigenvalue weighted by Gasteiger charge is -2.34. The number of ether oxygens (including phenoxy) is 1. The van der Waals surface area contributed by atoms with Gasteiger partial charge in [0.1, 0.15) is 11.6 Å². The average molecular weight is 596 g/mol. The van der Waals surface area contributed by atoms with E-state index < -0.39 is 5.91 Å². The number of primary amides is 1. The predicted molar refractivity (Wildman–Crippen MR) is 172 cm³/mol. The third-order valence-electron chi connectivity index (χ3n) is 8.97. The molecule has 4 N–H and O–H groups in total. The topological polar surface area (TPSA) is 126 Å². The normalized spacial score (nSPS) is 19.0. The van der Waals surface area contributed by atoms with Crippen LogP contribution >= 0.6 is 0 Å². The van der Waals surface area contributed by atoms with Crippen LogP contribution in [0.5, 0.6) is 0 Å². The number of pyridine rings is 2. The van der Waals surface area contributed by atoms with E-state index in [9.17, 15) is 9.59 Å². The fourth-order valence-corrected chi connectivity index (χ4v) is 6.56. The maximum absolute atomic E-state index is 12.7. The van der Waals surface area contributed by atoms with Crippen molar-refractivity contribution in [2.75, 3.05) is 57.2 Å². The molecule has 1 atom stereocenters. The van der Waals surface area contributed by atoms with Crippen LogP contribution < -0.4 is 21.3 Å². The van der Waals surface area contributed by atoms with Gasteiger partial charge in [0.15, 0.2) is 5.69 Å². The van der Waals surface area contributed by atoms with Gasteiger partial charge in [-0.2, -0.15) is 0 Å². The van der Waals surface area contributed by atoms with Gasteiger partial charge in [-0.3, -0.25) is 9.59 Å². The first kappa shape index (κ1) is 29.8. The van der Waals surface area contributed by atoms with Crippen molar-refractivity contribution in [3.05, 3.63) is 83.2 Å². The fourth-order valence-electron chi connectivity index (χ4n) is 6.56. The first-order chi connectivity index (χ1) is 21.3. The number of nitrogens with zero attached hydrogens (tertiary/aromatic N) is 4. The van der Waals surface area contributed by atoms with E-state index in [-0.39, 0.29) is 23.1 Å². The van der Waals surface area contributed by atoms with E-state index in [1.54, 1.807) is 0 Å². The summed E-state index contributed by atoms with van der Waals surface area (Å²) in [6.45, 7) is 4.26. The number of aromatic nitrogens is 2. The Balaban J connectivity index is 1.21. The van der Waals surface area contributed by atoms with Crippen LogP contribution in [0.15, 0.2) is 60.7 Å². The molecule has 4 heterocycles. The summed E-state index contributed by atoms with van der Waals surface area (Å²) < 4.78 is 5.70. The maximum atomic E-state index is 12.7. The van der Waals surface area contributed by atoms with Crippen molar-refractivity contribution in [2.45, 2.75) is 43.6 Å². The summed E-state index contributed by atoms with van der Waals surface area (Å²) in [6.07, 6.45) is 6.36. The highest BCUT2D eigenvalue weighted by atomic mass is 16.5. The SMILES string of the molecule is CN(C)CCN1CC2(CCOCC2)c2ccc(Nc3ccc(C4=CCCC(NC(=O)c5ccccc5)C4)nc3C(N)=O)nc21. The molecule has 0 bridgehead atoms. The first-order valence-electron chi connectivity index (χ1n) is 15.4. The van der Waals surface area contributed by atoms with Crippen LogP contribution in [0, 0.1) is 0 Å². The number of carbonyl (C=O) groups is 2. The van der Waals surface area contributed by atoms with E-state index in [1.807, 2.05) is 48.5 Å². The van der Waals surface area contributed by atoms with Gasteiger partial charge >= 0.3 is 0 Å². The van der Waals surface area contributed by atoms with Crippen molar-refractivity contribution in [1.82, 2.24) is 20.2 Å². The third kappa shape index (κ3) is 6.32. The van der Waals surface area contributed by atoms with Crippen molar-refractivity contribution in [1.29, 1.82) is 0 Å². The quantitative estimate of drug-likeness (QED) is 0.338. The Morgan fingerprint density at radius 2 is 1.86 bits per heavy atom. The van der Waals surface area contributed by atoms with Crippen molar-refractivity contribution in [2.24, 2.45) is 5.73 Å². The van der Waals surface area contributed by atoms with Gasteiger partial charge in [-0.25, -0.2) is 9.97 Å². The van der Waals surface area contributed by atoms with Crippen LogP contribution in [0.1, 0.15) is 64.2 Å². The highest BCUT2D eigenvalue weighted by Gasteiger charge is 2.44. The molecule has 0 saturated carbocycles. The monoisotopic (exact) mass is 595 g/mol. The number of anilines is 3. The minimum absolute atomic E-state index is 0.0237. The Labute approximate surface area is 258 Å². The summed E-state index contributed by atoms with van der Waals surface area (Å²) in [5.74, 6) is 0.918. The molecule has 0 radical (unpaired) electrons. The van der Waals surface area contributed by atoms with Crippen molar-refractivity contribution >= 4 is 34.7 Å². The Morgan fingerprint density at radius 3 is 2.61 bits per heavy atom.